The molecule has 2 aliphatic heterocycles. The van der Waals surface area contributed by atoms with Crippen molar-refractivity contribution in [1.29, 1.82) is 0 Å². The standard InChI is InChI=1S/C17H24FN3O2/c1-23-16-5-4-13(11-14(16)18)12-20-7-9-21(10-8-20)17(22)15-3-2-6-19-15/h4-5,11,15,19H,2-3,6-10,12H2,1H3/t15-/m0/s1. The Morgan fingerprint density at radius 3 is 2.74 bits per heavy atom. The van der Waals surface area contributed by atoms with Crippen molar-refractivity contribution in [3.05, 3.63) is 29.6 Å². The molecule has 0 radical (unpaired) electrons. The molecular formula is C17H24FN3O2. The maximum atomic E-state index is 13.7. The molecule has 0 spiro atoms. The van der Waals surface area contributed by atoms with Crippen molar-refractivity contribution in [3.8, 4) is 5.75 Å². The van der Waals surface area contributed by atoms with E-state index in [0.29, 0.717) is 6.54 Å². The summed E-state index contributed by atoms with van der Waals surface area (Å²) in [6.07, 6.45) is 2.03. The first-order chi connectivity index (χ1) is 11.2. The highest BCUT2D eigenvalue weighted by atomic mass is 19.1. The molecular weight excluding hydrogens is 297 g/mol. The summed E-state index contributed by atoms with van der Waals surface area (Å²) in [5, 5.41) is 3.26. The lowest BCUT2D eigenvalue weighted by Gasteiger charge is -2.36. The molecule has 1 atom stereocenters. The normalized spacial score (nSPS) is 22.3. The average molecular weight is 321 g/mol. The number of methoxy groups -OCH3 is 1. The Bertz CT molecular complexity index is 553. The van der Waals surface area contributed by atoms with Crippen LogP contribution in [0.15, 0.2) is 18.2 Å². The second kappa shape index (κ2) is 7.27. The van der Waals surface area contributed by atoms with Gasteiger partial charge in [0.05, 0.1) is 13.2 Å². The summed E-state index contributed by atoms with van der Waals surface area (Å²) in [7, 11) is 1.47. The van der Waals surface area contributed by atoms with E-state index in [-0.39, 0.29) is 23.5 Å². The monoisotopic (exact) mass is 321 g/mol. The van der Waals surface area contributed by atoms with Crippen molar-refractivity contribution in [2.24, 2.45) is 0 Å². The van der Waals surface area contributed by atoms with Gasteiger partial charge in [-0.05, 0) is 37.1 Å². The lowest BCUT2D eigenvalue weighted by molar-refractivity contribution is -0.134. The summed E-state index contributed by atoms with van der Waals surface area (Å²) in [5.41, 5.74) is 0.931. The molecule has 5 nitrogen and oxygen atoms in total. The molecule has 1 aromatic rings. The SMILES string of the molecule is COc1ccc(CN2CCN(C(=O)[C@@H]3CCCN3)CC2)cc1F. The molecule has 1 aromatic carbocycles. The first-order valence-corrected chi connectivity index (χ1v) is 8.24. The third-order valence-electron chi connectivity index (χ3n) is 4.66. The number of hydrogen-bond donors (Lipinski definition) is 1. The topological polar surface area (TPSA) is 44.8 Å². The zero-order chi connectivity index (χ0) is 16.2. The van der Waals surface area contributed by atoms with Gasteiger partial charge in [0.1, 0.15) is 0 Å². The van der Waals surface area contributed by atoms with Crippen molar-refractivity contribution in [2.45, 2.75) is 25.4 Å². The van der Waals surface area contributed by atoms with E-state index < -0.39 is 0 Å². The number of rotatable bonds is 4. The third kappa shape index (κ3) is 3.82. The predicted molar refractivity (Wildman–Crippen MR) is 85.8 cm³/mol. The van der Waals surface area contributed by atoms with Crippen molar-refractivity contribution in [3.63, 3.8) is 0 Å². The van der Waals surface area contributed by atoms with Gasteiger partial charge in [0.25, 0.3) is 0 Å². The lowest BCUT2D eigenvalue weighted by atomic mass is 10.1. The molecule has 0 aromatic heterocycles. The smallest absolute Gasteiger partial charge is 0.239 e. The molecule has 0 saturated carbocycles. The Morgan fingerprint density at radius 1 is 1.35 bits per heavy atom. The first kappa shape index (κ1) is 16.2. The van der Waals surface area contributed by atoms with Gasteiger partial charge in [-0.1, -0.05) is 6.07 Å². The van der Waals surface area contributed by atoms with E-state index >= 15 is 0 Å². The van der Waals surface area contributed by atoms with Gasteiger partial charge in [0.15, 0.2) is 11.6 Å². The Labute approximate surface area is 136 Å². The maximum Gasteiger partial charge on any atom is 0.239 e. The van der Waals surface area contributed by atoms with E-state index in [1.54, 1.807) is 6.07 Å². The Balaban J connectivity index is 1.51. The van der Waals surface area contributed by atoms with Crippen molar-refractivity contribution < 1.29 is 13.9 Å². The summed E-state index contributed by atoms with van der Waals surface area (Å²) in [6.45, 7) is 4.79. The van der Waals surface area contributed by atoms with Crippen LogP contribution in [0, 0.1) is 5.82 Å². The predicted octanol–water partition coefficient (Wildman–Crippen LogP) is 1.23. The van der Waals surface area contributed by atoms with Gasteiger partial charge in [0.2, 0.25) is 5.91 Å². The number of halogens is 1. The Kier molecular flexibility index (Phi) is 5.13. The molecule has 1 N–H and O–H groups in total. The maximum absolute atomic E-state index is 13.7. The van der Waals surface area contributed by atoms with E-state index in [0.717, 1.165) is 51.1 Å². The number of amides is 1. The Hall–Kier alpha value is -1.66. The largest absolute Gasteiger partial charge is 0.494 e. The number of benzene rings is 1. The summed E-state index contributed by atoms with van der Waals surface area (Å²) >= 11 is 0. The molecule has 2 saturated heterocycles. The molecule has 0 aliphatic carbocycles. The van der Waals surface area contributed by atoms with Gasteiger partial charge in [-0.2, -0.15) is 0 Å². The molecule has 23 heavy (non-hydrogen) atoms. The molecule has 3 rings (SSSR count). The fraction of sp³-hybridized carbons (Fsp3) is 0.588. The van der Waals surface area contributed by atoms with Gasteiger partial charge in [-0.25, -0.2) is 4.39 Å². The molecule has 2 heterocycles. The van der Waals surface area contributed by atoms with Crippen LogP contribution in [0.1, 0.15) is 18.4 Å². The number of ether oxygens (including phenoxy) is 1. The van der Waals surface area contributed by atoms with Gasteiger partial charge < -0.3 is 15.0 Å². The van der Waals surface area contributed by atoms with Crippen LogP contribution in [0.3, 0.4) is 0 Å². The molecule has 1 amide bonds. The zero-order valence-corrected chi connectivity index (χ0v) is 13.6. The second-order valence-corrected chi connectivity index (χ2v) is 6.22. The highest BCUT2D eigenvalue weighted by Crippen LogP contribution is 2.19. The highest BCUT2D eigenvalue weighted by molar-refractivity contribution is 5.82. The summed E-state index contributed by atoms with van der Waals surface area (Å²) in [6, 6.07) is 5.09. The third-order valence-corrected chi connectivity index (χ3v) is 4.66. The number of carbonyl (C=O) groups excluding carboxylic acids is 1. The van der Waals surface area contributed by atoms with E-state index in [2.05, 4.69) is 10.2 Å². The number of piperazine rings is 1. The quantitative estimate of drug-likeness (QED) is 0.906. The van der Waals surface area contributed by atoms with E-state index in [1.165, 1.54) is 13.2 Å². The van der Waals surface area contributed by atoms with Gasteiger partial charge in [-0.15, -0.1) is 0 Å². The van der Waals surface area contributed by atoms with Crippen LogP contribution in [0.4, 0.5) is 4.39 Å². The van der Waals surface area contributed by atoms with E-state index in [9.17, 15) is 9.18 Å². The minimum Gasteiger partial charge on any atom is -0.494 e. The molecule has 2 aliphatic rings. The Morgan fingerprint density at radius 2 is 2.13 bits per heavy atom. The fourth-order valence-corrected chi connectivity index (χ4v) is 3.31. The van der Waals surface area contributed by atoms with Crippen LogP contribution in [0.5, 0.6) is 5.75 Å². The number of nitrogens with zero attached hydrogens (tertiary/aromatic N) is 2. The van der Waals surface area contributed by atoms with Gasteiger partial charge in [-0.3, -0.25) is 9.69 Å². The summed E-state index contributed by atoms with van der Waals surface area (Å²) in [5.74, 6) is 0.178. The van der Waals surface area contributed by atoms with Crippen molar-refractivity contribution in [1.82, 2.24) is 15.1 Å². The summed E-state index contributed by atoms with van der Waals surface area (Å²) in [4.78, 5) is 16.6. The lowest BCUT2D eigenvalue weighted by Crippen LogP contribution is -2.52. The van der Waals surface area contributed by atoms with Crippen molar-refractivity contribution >= 4 is 5.91 Å². The number of carbonyl (C=O) groups is 1. The highest BCUT2D eigenvalue weighted by Gasteiger charge is 2.29. The van der Waals surface area contributed by atoms with Crippen LogP contribution >= 0.6 is 0 Å². The van der Waals surface area contributed by atoms with E-state index in [1.807, 2.05) is 11.0 Å². The minimum atomic E-state index is -0.328. The molecule has 6 heteroatoms. The van der Waals surface area contributed by atoms with Crippen LogP contribution in [0.2, 0.25) is 0 Å². The van der Waals surface area contributed by atoms with Crippen LogP contribution in [-0.2, 0) is 11.3 Å². The second-order valence-electron chi connectivity index (χ2n) is 6.22. The van der Waals surface area contributed by atoms with Crippen molar-refractivity contribution in [2.75, 3.05) is 39.8 Å². The molecule has 2 fully saturated rings. The van der Waals surface area contributed by atoms with Gasteiger partial charge >= 0.3 is 0 Å². The number of nitrogens with one attached hydrogen (secondary N) is 1. The molecule has 0 unspecified atom stereocenters. The van der Waals surface area contributed by atoms with Crippen LogP contribution in [0.25, 0.3) is 0 Å². The molecule has 0 bridgehead atoms. The molecule has 126 valence electrons. The minimum absolute atomic E-state index is 0.0113. The van der Waals surface area contributed by atoms with Crippen LogP contribution in [-0.4, -0.2) is 61.6 Å². The fourth-order valence-electron chi connectivity index (χ4n) is 3.31. The van der Waals surface area contributed by atoms with Crippen LogP contribution < -0.4 is 10.1 Å². The summed E-state index contributed by atoms with van der Waals surface area (Å²) < 4.78 is 18.7. The van der Waals surface area contributed by atoms with E-state index in [4.69, 9.17) is 4.74 Å². The zero-order valence-electron chi connectivity index (χ0n) is 13.6. The number of hydrogen-bond acceptors (Lipinski definition) is 4. The van der Waals surface area contributed by atoms with Gasteiger partial charge in [0, 0.05) is 32.7 Å². The first-order valence-electron chi connectivity index (χ1n) is 8.24. The average Bonchev–Trinajstić information content (AvgIpc) is 3.09.